The molecule has 3 rings (SSSR count). The number of nitrogens with one attached hydrogen (secondary N) is 1. The van der Waals surface area contributed by atoms with Crippen molar-refractivity contribution in [1.29, 1.82) is 0 Å². The Morgan fingerprint density at radius 2 is 2.35 bits per heavy atom. The molecule has 1 atom stereocenters. The first-order valence-corrected chi connectivity index (χ1v) is 7.20. The van der Waals surface area contributed by atoms with Crippen molar-refractivity contribution in [2.24, 2.45) is 0 Å². The van der Waals surface area contributed by atoms with Crippen LogP contribution in [0.1, 0.15) is 24.4 Å². The summed E-state index contributed by atoms with van der Waals surface area (Å²) in [4.78, 5) is 1.18. The molecular formula is C11H13BrN4S. The molecule has 0 aliphatic carbocycles. The van der Waals surface area contributed by atoms with E-state index in [9.17, 15) is 0 Å². The van der Waals surface area contributed by atoms with Crippen LogP contribution in [-0.2, 0) is 6.54 Å². The third-order valence-corrected chi connectivity index (χ3v) is 5.16. The van der Waals surface area contributed by atoms with Crippen molar-refractivity contribution in [3.8, 4) is 10.7 Å². The smallest absolute Gasteiger partial charge is 0.174 e. The van der Waals surface area contributed by atoms with Gasteiger partial charge in [0.25, 0.3) is 0 Å². The van der Waals surface area contributed by atoms with Gasteiger partial charge in [0, 0.05) is 13.1 Å². The lowest BCUT2D eigenvalue weighted by molar-refractivity contribution is 0.439. The molecule has 0 radical (unpaired) electrons. The average Bonchev–Trinajstić information content (AvgIpc) is 2.85. The van der Waals surface area contributed by atoms with Crippen LogP contribution in [0.3, 0.4) is 0 Å². The summed E-state index contributed by atoms with van der Waals surface area (Å²) in [6.07, 6.45) is 0. The van der Waals surface area contributed by atoms with E-state index >= 15 is 0 Å². The monoisotopic (exact) mass is 312 g/mol. The Morgan fingerprint density at radius 3 is 3.06 bits per heavy atom. The summed E-state index contributed by atoms with van der Waals surface area (Å²) in [7, 11) is 0. The number of fused-ring (bicyclic) bond motifs is 1. The predicted octanol–water partition coefficient (Wildman–Crippen LogP) is 2.74. The molecule has 0 saturated carbocycles. The third-order valence-electron chi connectivity index (χ3n) is 3.03. The Hall–Kier alpha value is -0.720. The van der Waals surface area contributed by atoms with E-state index in [-0.39, 0.29) is 6.04 Å². The van der Waals surface area contributed by atoms with Crippen molar-refractivity contribution in [3.63, 3.8) is 0 Å². The SMILES string of the molecule is Cc1cc(-c2nnc3n2CCNC3C)sc1Br. The van der Waals surface area contributed by atoms with Crippen LogP contribution in [0, 0.1) is 6.92 Å². The first-order chi connectivity index (χ1) is 8.16. The number of halogens is 1. The fourth-order valence-corrected chi connectivity index (χ4v) is 3.62. The van der Waals surface area contributed by atoms with Crippen LogP contribution >= 0.6 is 27.3 Å². The van der Waals surface area contributed by atoms with Crippen LogP contribution in [0.4, 0.5) is 0 Å². The molecule has 1 unspecified atom stereocenters. The Bertz CT molecular complexity index is 540. The van der Waals surface area contributed by atoms with Crippen LogP contribution in [0.5, 0.6) is 0 Å². The largest absolute Gasteiger partial charge is 0.308 e. The molecule has 4 nitrogen and oxygen atoms in total. The summed E-state index contributed by atoms with van der Waals surface area (Å²) in [6, 6.07) is 2.45. The Labute approximate surface area is 112 Å². The van der Waals surface area contributed by atoms with Crippen LogP contribution in [-0.4, -0.2) is 21.3 Å². The number of hydrogen-bond acceptors (Lipinski definition) is 4. The van der Waals surface area contributed by atoms with E-state index in [4.69, 9.17) is 0 Å². The quantitative estimate of drug-likeness (QED) is 0.880. The van der Waals surface area contributed by atoms with Crippen molar-refractivity contribution in [1.82, 2.24) is 20.1 Å². The van der Waals surface area contributed by atoms with Gasteiger partial charge in [-0.3, -0.25) is 0 Å². The van der Waals surface area contributed by atoms with Crippen LogP contribution < -0.4 is 5.32 Å². The van der Waals surface area contributed by atoms with Crippen molar-refractivity contribution in [2.45, 2.75) is 26.4 Å². The first kappa shape index (κ1) is 11.4. The van der Waals surface area contributed by atoms with Gasteiger partial charge in [-0.15, -0.1) is 21.5 Å². The second-order valence-corrected chi connectivity index (χ2v) is 6.65. The van der Waals surface area contributed by atoms with Crippen molar-refractivity contribution >= 4 is 27.3 Å². The first-order valence-electron chi connectivity index (χ1n) is 5.59. The minimum absolute atomic E-state index is 0.287. The standard InChI is InChI=1S/C11H13BrN4S/c1-6-5-8(17-9(6)12)11-15-14-10-7(2)13-3-4-16(10)11/h5,7,13H,3-4H2,1-2H3. The molecule has 0 aromatic carbocycles. The van der Waals surface area contributed by atoms with E-state index in [0.717, 1.165) is 24.7 Å². The molecule has 90 valence electrons. The molecule has 1 N–H and O–H groups in total. The van der Waals surface area contributed by atoms with E-state index in [1.54, 1.807) is 11.3 Å². The zero-order valence-electron chi connectivity index (χ0n) is 9.70. The van der Waals surface area contributed by atoms with E-state index in [0.29, 0.717) is 0 Å². The highest BCUT2D eigenvalue weighted by atomic mass is 79.9. The zero-order chi connectivity index (χ0) is 12.0. The zero-order valence-corrected chi connectivity index (χ0v) is 12.1. The van der Waals surface area contributed by atoms with Crippen LogP contribution in [0.15, 0.2) is 9.85 Å². The second-order valence-electron chi connectivity index (χ2n) is 4.28. The van der Waals surface area contributed by atoms with E-state index in [1.807, 2.05) is 0 Å². The van der Waals surface area contributed by atoms with Gasteiger partial charge in [0.2, 0.25) is 0 Å². The van der Waals surface area contributed by atoms with E-state index in [1.165, 1.54) is 14.2 Å². The Balaban J connectivity index is 2.10. The minimum Gasteiger partial charge on any atom is -0.308 e. The van der Waals surface area contributed by atoms with Gasteiger partial charge < -0.3 is 9.88 Å². The van der Waals surface area contributed by atoms with E-state index < -0.39 is 0 Å². The number of thiophene rings is 1. The van der Waals surface area contributed by atoms with Gasteiger partial charge in [-0.25, -0.2) is 0 Å². The fourth-order valence-electron chi connectivity index (χ4n) is 2.09. The number of nitrogens with zero attached hydrogens (tertiary/aromatic N) is 3. The van der Waals surface area contributed by atoms with Crippen molar-refractivity contribution in [3.05, 3.63) is 21.2 Å². The summed E-state index contributed by atoms with van der Waals surface area (Å²) in [5.41, 5.74) is 1.25. The molecule has 2 aromatic rings. The lowest BCUT2D eigenvalue weighted by atomic mass is 10.2. The maximum absolute atomic E-state index is 4.34. The number of aryl methyl sites for hydroxylation is 1. The number of rotatable bonds is 1. The minimum atomic E-state index is 0.287. The molecule has 1 aliphatic heterocycles. The highest BCUT2D eigenvalue weighted by Gasteiger charge is 2.23. The summed E-state index contributed by atoms with van der Waals surface area (Å²) in [6.45, 7) is 6.14. The lowest BCUT2D eigenvalue weighted by Crippen LogP contribution is -2.32. The Kier molecular flexibility index (Phi) is 2.80. The Morgan fingerprint density at radius 1 is 1.53 bits per heavy atom. The van der Waals surface area contributed by atoms with Gasteiger partial charge in [0.15, 0.2) is 5.82 Å². The summed E-state index contributed by atoms with van der Waals surface area (Å²) in [5.74, 6) is 2.03. The van der Waals surface area contributed by atoms with Gasteiger partial charge >= 0.3 is 0 Å². The maximum atomic E-state index is 4.34. The fraction of sp³-hybridized carbons (Fsp3) is 0.455. The molecule has 17 heavy (non-hydrogen) atoms. The third kappa shape index (κ3) is 1.84. The highest BCUT2D eigenvalue weighted by molar-refractivity contribution is 9.11. The maximum Gasteiger partial charge on any atom is 0.174 e. The van der Waals surface area contributed by atoms with Crippen molar-refractivity contribution in [2.75, 3.05) is 6.54 Å². The normalized spacial score (nSPS) is 19.4. The molecule has 2 aromatic heterocycles. The summed E-state index contributed by atoms with van der Waals surface area (Å²) in [5, 5.41) is 12.0. The molecule has 3 heterocycles. The van der Waals surface area contributed by atoms with Crippen LogP contribution in [0.25, 0.3) is 10.7 Å². The molecule has 0 spiro atoms. The average molecular weight is 313 g/mol. The van der Waals surface area contributed by atoms with E-state index in [2.05, 4.69) is 55.9 Å². The second kappa shape index (κ2) is 4.19. The molecule has 0 amide bonds. The van der Waals surface area contributed by atoms with Gasteiger partial charge in [-0.05, 0) is 41.4 Å². The van der Waals surface area contributed by atoms with Crippen LogP contribution in [0.2, 0.25) is 0 Å². The molecule has 1 aliphatic rings. The molecule has 6 heteroatoms. The van der Waals surface area contributed by atoms with Gasteiger partial charge in [-0.1, -0.05) is 0 Å². The molecule has 0 bridgehead atoms. The van der Waals surface area contributed by atoms with Gasteiger partial charge in [-0.2, -0.15) is 0 Å². The molecule has 0 saturated heterocycles. The van der Waals surface area contributed by atoms with Gasteiger partial charge in [0.1, 0.15) is 5.82 Å². The number of hydrogen-bond donors (Lipinski definition) is 1. The highest BCUT2D eigenvalue weighted by Crippen LogP contribution is 2.34. The molecule has 0 fully saturated rings. The van der Waals surface area contributed by atoms with Crippen molar-refractivity contribution < 1.29 is 0 Å². The molecular weight excluding hydrogens is 300 g/mol. The number of aromatic nitrogens is 3. The topological polar surface area (TPSA) is 42.7 Å². The summed E-state index contributed by atoms with van der Waals surface area (Å²) >= 11 is 5.28. The predicted molar refractivity (Wildman–Crippen MR) is 72.2 cm³/mol. The lowest BCUT2D eigenvalue weighted by Gasteiger charge is -2.21. The summed E-state index contributed by atoms with van der Waals surface area (Å²) < 4.78 is 3.39. The van der Waals surface area contributed by atoms with Gasteiger partial charge in [0.05, 0.1) is 14.7 Å².